The molecule has 1 heterocycles. The lowest BCUT2D eigenvalue weighted by atomic mass is 9.96. The predicted octanol–water partition coefficient (Wildman–Crippen LogP) is 2.56. The first kappa shape index (κ1) is 16.3. The molecule has 0 saturated carbocycles. The van der Waals surface area contributed by atoms with E-state index in [-0.39, 0.29) is 30.6 Å². The van der Waals surface area contributed by atoms with Gasteiger partial charge in [-0.15, -0.1) is 0 Å². The van der Waals surface area contributed by atoms with Gasteiger partial charge in [0.15, 0.2) is 0 Å². The molecule has 22 heavy (non-hydrogen) atoms. The fourth-order valence-electron chi connectivity index (χ4n) is 2.54. The Hall–Kier alpha value is -2.04. The number of carbonyl (C=O) groups excluding carboxylic acids is 2. The molecule has 1 saturated heterocycles. The van der Waals surface area contributed by atoms with Crippen LogP contribution in [0.2, 0.25) is 0 Å². The molecule has 1 fully saturated rings. The summed E-state index contributed by atoms with van der Waals surface area (Å²) >= 11 is 0. The van der Waals surface area contributed by atoms with E-state index in [0.29, 0.717) is 25.9 Å². The van der Waals surface area contributed by atoms with Crippen molar-refractivity contribution in [1.82, 2.24) is 10.2 Å². The van der Waals surface area contributed by atoms with Crippen LogP contribution in [0.5, 0.6) is 0 Å². The molecule has 5 heteroatoms. The maximum Gasteiger partial charge on any atom is 0.410 e. The average Bonchev–Trinajstić information content (AvgIpc) is 2.53. The largest absolute Gasteiger partial charge is 0.445 e. The summed E-state index contributed by atoms with van der Waals surface area (Å²) in [6.07, 6.45) is 1.09. The number of ether oxygens (including phenoxy) is 1. The van der Waals surface area contributed by atoms with Gasteiger partial charge in [0.2, 0.25) is 5.91 Å². The Morgan fingerprint density at radius 3 is 2.45 bits per heavy atom. The Morgan fingerprint density at radius 2 is 1.86 bits per heavy atom. The zero-order chi connectivity index (χ0) is 15.9. The fourth-order valence-corrected chi connectivity index (χ4v) is 2.54. The molecular formula is C17H24N2O3. The minimum Gasteiger partial charge on any atom is -0.445 e. The van der Waals surface area contributed by atoms with E-state index in [1.165, 1.54) is 0 Å². The zero-order valence-electron chi connectivity index (χ0n) is 13.2. The van der Waals surface area contributed by atoms with E-state index in [9.17, 15) is 9.59 Å². The smallest absolute Gasteiger partial charge is 0.410 e. The second-order valence-electron chi connectivity index (χ2n) is 5.96. The lowest BCUT2D eigenvalue weighted by Gasteiger charge is -2.31. The van der Waals surface area contributed by atoms with E-state index < -0.39 is 0 Å². The van der Waals surface area contributed by atoms with E-state index in [0.717, 1.165) is 5.56 Å². The number of amides is 2. The molecule has 2 rings (SSSR count). The summed E-state index contributed by atoms with van der Waals surface area (Å²) in [7, 11) is 0. The quantitative estimate of drug-likeness (QED) is 0.930. The number of nitrogens with one attached hydrogen (secondary N) is 1. The zero-order valence-corrected chi connectivity index (χ0v) is 13.2. The molecule has 2 amide bonds. The summed E-state index contributed by atoms with van der Waals surface area (Å²) in [5.74, 6) is 0.0906. The second-order valence-corrected chi connectivity index (χ2v) is 5.96. The molecule has 1 N–H and O–H groups in total. The number of benzene rings is 1. The lowest BCUT2D eigenvalue weighted by molar-refractivity contribution is -0.126. The second kappa shape index (κ2) is 7.82. The molecule has 120 valence electrons. The first-order valence-corrected chi connectivity index (χ1v) is 7.82. The van der Waals surface area contributed by atoms with Crippen molar-refractivity contribution in [2.24, 2.45) is 5.92 Å². The monoisotopic (exact) mass is 304 g/mol. The summed E-state index contributed by atoms with van der Waals surface area (Å²) in [6, 6.07) is 9.77. The third kappa shape index (κ3) is 4.76. The van der Waals surface area contributed by atoms with Crippen LogP contribution in [0.25, 0.3) is 0 Å². The third-order valence-electron chi connectivity index (χ3n) is 3.76. The standard InChI is InChI=1S/C17H24N2O3/c1-13(2)18-16(20)15-8-10-19(11-9-15)17(21)22-12-14-6-4-3-5-7-14/h3-7,13,15H,8-12H2,1-2H3,(H,18,20). The number of nitrogens with zero attached hydrogens (tertiary/aromatic N) is 1. The Labute approximate surface area is 131 Å². The molecule has 1 aromatic rings. The summed E-state index contributed by atoms with van der Waals surface area (Å²) in [6.45, 7) is 5.34. The molecule has 1 aliphatic heterocycles. The van der Waals surface area contributed by atoms with Crippen LogP contribution in [-0.4, -0.2) is 36.0 Å². The van der Waals surface area contributed by atoms with Crippen LogP contribution in [-0.2, 0) is 16.1 Å². The molecule has 5 nitrogen and oxygen atoms in total. The van der Waals surface area contributed by atoms with Crippen LogP contribution in [0.4, 0.5) is 4.79 Å². The van der Waals surface area contributed by atoms with Crippen molar-refractivity contribution in [2.45, 2.75) is 39.3 Å². The van der Waals surface area contributed by atoms with Gasteiger partial charge in [0.1, 0.15) is 6.61 Å². The molecule has 1 aromatic carbocycles. The van der Waals surface area contributed by atoms with Crippen molar-refractivity contribution >= 4 is 12.0 Å². The van der Waals surface area contributed by atoms with Gasteiger partial charge in [-0.1, -0.05) is 30.3 Å². The van der Waals surface area contributed by atoms with Crippen LogP contribution in [0.1, 0.15) is 32.3 Å². The molecule has 0 bridgehead atoms. The van der Waals surface area contributed by atoms with Crippen molar-refractivity contribution < 1.29 is 14.3 Å². The summed E-state index contributed by atoms with van der Waals surface area (Å²) in [5, 5.41) is 2.93. The van der Waals surface area contributed by atoms with Crippen molar-refractivity contribution in [3.05, 3.63) is 35.9 Å². The van der Waals surface area contributed by atoms with Crippen LogP contribution < -0.4 is 5.32 Å². The van der Waals surface area contributed by atoms with E-state index >= 15 is 0 Å². The predicted molar refractivity (Wildman–Crippen MR) is 84.2 cm³/mol. The molecule has 1 aliphatic rings. The Morgan fingerprint density at radius 1 is 1.23 bits per heavy atom. The first-order valence-electron chi connectivity index (χ1n) is 7.82. The summed E-state index contributed by atoms with van der Waals surface area (Å²) < 4.78 is 5.31. The topological polar surface area (TPSA) is 58.6 Å². The maximum absolute atomic E-state index is 12.0. The SMILES string of the molecule is CC(C)NC(=O)C1CCN(C(=O)OCc2ccccc2)CC1. The fraction of sp³-hybridized carbons (Fsp3) is 0.529. The average molecular weight is 304 g/mol. The van der Waals surface area contributed by atoms with Crippen LogP contribution >= 0.6 is 0 Å². The van der Waals surface area contributed by atoms with Gasteiger partial charge in [-0.3, -0.25) is 4.79 Å². The normalized spacial score (nSPS) is 15.7. The minimum absolute atomic E-state index is 0.000531. The number of likely N-dealkylation sites (tertiary alicyclic amines) is 1. The Kier molecular flexibility index (Phi) is 5.81. The number of carbonyl (C=O) groups is 2. The summed E-state index contributed by atoms with van der Waals surface area (Å²) in [5.41, 5.74) is 0.974. The minimum atomic E-state index is -0.299. The Bertz CT molecular complexity index is 494. The van der Waals surface area contributed by atoms with Crippen molar-refractivity contribution in [2.75, 3.05) is 13.1 Å². The van der Waals surface area contributed by atoms with Gasteiger partial charge in [0.25, 0.3) is 0 Å². The number of rotatable bonds is 4. The van der Waals surface area contributed by atoms with Gasteiger partial charge in [0, 0.05) is 25.0 Å². The molecule has 0 atom stereocenters. The highest BCUT2D eigenvalue weighted by atomic mass is 16.6. The van der Waals surface area contributed by atoms with E-state index in [2.05, 4.69) is 5.32 Å². The number of hydrogen-bond donors (Lipinski definition) is 1. The summed E-state index contributed by atoms with van der Waals surface area (Å²) in [4.78, 5) is 25.7. The maximum atomic E-state index is 12.0. The highest BCUT2D eigenvalue weighted by Crippen LogP contribution is 2.18. The molecule has 0 radical (unpaired) electrons. The molecule has 0 aliphatic carbocycles. The van der Waals surface area contributed by atoms with Gasteiger partial charge >= 0.3 is 6.09 Å². The molecular weight excluding hydrogens is 280 g/mol. The van der Waals surface area contributed by atoms with Crippen molar-refractivity contribution in [3.8, 4) is 0 Å². The third-order valence-corrected chi connectivity index (χ3v) is 3.76. The van der Waals surface area contributed by atoms with E-state index in [4.69, 9.17) is 4.74 Å². The van der Waals surface area contributed by atoms with E-state index in [1.54, 1.807) is 4.90 Å². The lowest BCUT2D eigenvalue weighted by Crippen LogP contribution is -2.44. The first-order chi connectivity index (χ1) is 10.6. The van der Waals surface area contributed by atoms with Crippen molar-refractivity contribution in [3.63, 3.8) is 0 Å². The van der Waals surface area contributed by atoms with Crippen LogP contribution in [0.15, 0.2) is 30.3 Å². The highest BCUT2D eigenvalue weighted by molar-refractivity contribution is 5.79. The van der Waals surface area contributed by atoms with Gasteiger partial charge in [-0.2, -0.15) is 0 Å². The van der Waals surface area contributed by atoms with Gasteiger partial charge < -0.3 is 15.0 Å². The van der Waals surface area contributed by atoms with Crippen LogP contribution in [0.3, 0.4) is 0 Å². The van der Waals surface area contributed by atoms with Crippen molar-refractivity contribution in [1.29, 1.82) is 0 Å². The number of hydrogen-bond acceptors (Lipinski definition) is 3. The van der Waals surface area contributed by atoms with E-state index in [1.807, 2.05) is 44.2 Å². The van der Waals surface area contributed by atoms with Gasteiger partial charge in [0.05, 0.1) is 0 Å². The highest BCUT2D eigenvalue weighted by Gasteiger charge is 2.28. The van der Waals surface area contributed by atoms with Crippen LogP contribution in [0, 0.1) is 5.92 Å². The molecule has 0 spiro atoms. The van der Waals surface area contributed by atoms with Gasteiger partial charge in [-0.25, -0.2) is 4.79 Å². The number of piperidine rings is 1. The molecule has 0 aromatic heterocycles. The molecule has 0 unspecified atom stereocenters. The Balaban J connectivity index is 1.74. The van der Waals surface area contributed by atoms with Gasteiger partial charge in [-0.05, 0) is 32.3 Å².